The molecule has 158 valence electrons. The predicted octanol–water partition coefficient (Wildman–Crippen LogP) is 2.51. The maximum Gasteiger partial charge on any atom is 0.319 e. The molecule has 0 aliphatic rings. The number of carbonyl (C=O) groups is 1. The van der Waals surface area contributed by atoms with E-state index in [-0.39, 0.29) is 12.0 Å². The fourth-order valence-electron chi connectivity index (χ4n) is 3.16. The zero-order chi connectivity index (χ0) is 21.8. The maximum atomic E-state index is 12.1. The highest BCUT2D eigenvalue weighted by molar-refractivity contribution is 5.89. The Kier molecular flexibility index (Phi) is 5.72. The van der Waals surface area contributed by atoms with Crippen molar-refractivity contribution in [3.05, 3.63) is 54.5 Å². The molecule has 4 N–H and O–H groups in total. The van der Waals surface area contributed by atoms with Crippen LogP contribution in [0.3, 0.4) is 0 Å². The number of nitrogens with zero attached hydrogens (tertiary/aromatic N) is 5. The molecule has 4 aromatic rings. The minimum Gasteiger partial charge on any atom is -0.383 e. The van der Waals surface area contributed by atoms with E-state index in [1.54, 1.807) is 31.6 Å². The Morgan fingerprint density at radius 2 is 2.00 bits per heavy atom. The number of nitrogens with one attached hydrogen (secondary N) is 2. The van der Waals surface area contributed by atoms with Gasteiger partial charge in [0.05, 0.1) is 23.7 Å². The normalized spacial score (nSPS) is 10.9. The average Bonchev–Trinajstić information content (AvgIpc) is 3.13. The van der Waals surface area contributed by atoms with E-state index < -0.39 is 0 Å². The third-order valence-corrected chi connectivity index (χ3v) is 4.52. The first-order valence-corrected chi connectivity index (χ1v) is 9.64. The number of rotatable bonds is 6. The summed E-state index contributed by atoms with van der Waals surface area (Å²) in [6, 6.07) is 10.8. The Balaban J connectivity index is 1.81. The van der Waals surface area contributed by atoms with E-state index >= 15 is 0 Å². The number of hydrogen-bond acceptors (Lipinski definition) is 7. The van der Waals surface area contributed by atoms with Gasteiger partial charge in [-0.2, -0.15) is 0 Å². The molecule has 2 amide bonds. The van der Waals surface area contributed by atoms with Gasteiger partial charge in [0.25, 0.3) is 0 Å². The Bertz CT molecular complexity index is 1240. The number of amides is 2. The lowest BCUT2D eigenvalue weighted by Crippen LogP contribution is -2.31. The molecule has 4 rings (SSSR count). The van der Waals surface area contributed by atoms with Crippen LogP contribution in [0.1, 0.15) is 5.69 Å². The van der Waals surface area contributed by atoms with Crippen LogP contribution in [0.2, 0.25) is 0 Å². The number of nitrogen functional groups attached to an aromatic ring is 1. The second-order valence-electron chi connectivity index (χ2n) is 6.79. The van der Waals surface area contributed by atoms with Crippen molar-refractivity contribution in [1.82, 2.24) is 29.7 Å². The third-order valence-electron chi connectivity index (χ3n) is 4.52. The monoisotopic (exact) mass is 418 g/mol. The summed E-state index contributed by atoms with van der Waals surface area (Å²) >= 11 is 0. The SMILES string of the molecule is COCCNC(=O)Nc1ccc2nc(-c3cccc(C)n3)c(-c3ccnc(N)n3)n2c1. The molecule has 10 heteroatoms. The van der Waals surface area contributed by atoms with Crippen molar-refractivity contribution in [2.45, 2.75) is 6.92 Å². The van der Waals surface area contributed by atoms with Gasteiger partial charge in [-0.25, -0.2) is 19.7 Å². The third kappa shape index (κ3) is 4.43. The number of hydrogen-bond donors (Lipinski definition) is 3. The number of ether oxygens (including phenoxy) is 1. The number of carbonyl (C=O) groups excluding carboxylic acids is 1. The van der Waals surface area contributed by atoms with Crippen LogP contribution in [0.4, 0.5) is 16.4 Å². The largest absolute Gasteiger partial charge is 0.383 e. The van der Waals surface area contributed by atoms with Gasteiger partial charge >= 0.3 is 6.03 Å². The molecule has 0 spiro atoms. The number of anilines is 2. The molecular weight excluding hydrogens is 396 g/mol. The van der Waals surface area contributed by atoms with Crippen LogP contribution in [0.25, 0.3) is 28.4 Å². The Morgan fingerprint density at radius 1 is 1.13 bits per heavy atom. The Hall–Kier alpha value is -4.05. The van der Waals surface area contributed by atoms with Crippen LogP contribution in [0, 0.1) is 6.92 Å². The summed E-state index contributed by atoms with van der Waals surface area (Å²) in [6.07, 6.45) is 3.38. The van der Waals surface area contributed by atoms with E-state index in [2.05, 4.69) is 25.6 Å². The molecule has 31 heavy (non-hydrogen) atoms. The molecule has 0 aromatic carbocycles. The van der Waals surface area contributed by atoms with Gasteiger partial charge in [0.1, 0.15) is 17.0 Å². The molecular formula is C21H22N8O2. The molecule has 0 bridgehead atoms. The standard InChI is InChI=1S/C21H22N8O2/c1-13-4-3-5-15(25-13)18-19(16-8-9-23-20(22)27-16)29-12-14(6-7-17(29)28-18)26-21(30)24-10-11-31-2/h3-9,12H,10-11H2,1-2H3,(H2,22,23,27)(H2,24,26,30). The van der Waals surface area contributed by atoms with Crippen molar-refractivity contribution in [2.75, 3.05) is 31.3 Å². The summed E-state index contributed by atoms with van der Waals surface area (Å²) in [6.45, 7) is 2.76. The van der Waals surface area contributed by atoms with Gasteiger partial charge in [0.2, 0.25) is 5.95 Å². The van der Waals surface area contributed by atoms with Crippen molar-refractivity contribution < 1.29 is 9.53 Å². The van der Waals surface area contributed by atoms with Crippen molar-refractivity contribution in [3.8, 4) is 22.8 Å². The summed E-state index contributed by atoms with van der Waals surface area (Å²) in [5.41, 5.74) is 10.6. The number of methoxy groups -OCH3 is 1. The van der Waals surface area contributed by atoms with Gasteiger partial charge in [0.15, 0.2) is 0 Å². The fraction of sp³-hybridized carbons (Fsp3) is 0.190. The Morgan fingerprint density at radius 3 is 2.77 bits per heavy atom. The van der Waals surface area contributed by atoms with E-state index in [0.29, 0.717) is 47.3 Å². The zero-order valence-electron chi connectivity index (χ0n) is 17.2. The molecule has 0 aliphatic carbocycles. The fourth-order valence-corrected chi connectivity index (χ4v) is 3.16. The summed E-state index contributed by atoms with van der Waals surface area (Å²) in [7, 11) is 1.58. The number of aryl methyl sites for hydroxylation is 1. The molecule has 4 aromatic heterocycles. The van der Waals surface area contributed by atoms with Crippen LogP contribution in [-0.4, -0.2) is 50.6 Å². The number of aromatic nitrogens is 5. The highest BCUT2D eigenvalue weighted by atomic mass is 16.5. The van der Waals surface area contributed by atoms with Gasteiger partial charge in [-0.15, -0.1) is 0 Å². The first-order chi connectivity index (χ1) is 15.0. The summed E-state index contributed by atoms with van der Waals surface area (Å²) < 4.78 is 6.80. The molecule has 0 saturated carbocycles. The zero-order valence-corrected chi connectivity index (χ0v) is 17.2. The van der Waals surface area contributed by atoms with E-state index in [4.69, 9.17) is 15.5 Å². The summed E-state index contributed by atoms with van der Waals surface area (Å²) in [5.74, 6) is 0.155. The second-order valence-corrected chi connectivity index (χ2v) is 6.79. The first kappa shape index (κ1) is 20.2. The smallest absolute Gasteiger partial charge is 0.319 e. The first-order valence-electron chi connectivity index (χ1n) is 9.64. The average molecular weight is 418 g/mol. The van der Waals surface area contributed by atoms with Gasteiger partial charge in [0, 0.05) is 31.7 Å². The van der Waals surface area contributed by atoms with E-state index in [1.165, 1.54) is 0 Å². The molecule has 0 unspecified atom stereocenters. The number of fused-ring (bicyclic) bond motifs is 1. The van der Waals surface area contributed by atoms with Crippen LogP contribution in [0.15, 0.2) is 48.8 Å². The van der Waals surface area contributed by atoms with Crippen LogP contribution in [0.5, 0.6) is 0 Å². The predicted molar refractivity (Wildman–Crippen MR) is 117 cm³/mol. The van der Waals surface area contributed by atoms with Crippen molar-refractivity contribution in [3.63, 3.8) is 0 Å². The molecule has 0 fully saturated rings. The second kappa shape index (κ2) is 8.76. The number of nitrogens with two attached hydrogens (primary N) is 1. The quantitative estimate of drug-likeness (QED) is 0.410. The molecule has 4 heterocycles. The van der Waals surface area contributed by atoms with E-state index in [9.17, 15) is 4.79 Å². The van der Waals surface area contributed by atoms with Gasteiger partial charge in [-0.05, 0) is 37.3 Å². The minimum atomic E-state index is -0.329. The molecule has 0 atom stereocenters. The lowest BCUT2D eigenvalue weighted by atomic mass is 10.1. The van der Waals surface area contributed by atoms with Gasteiger partial charge in [-0.3, -0.25) is 9.38 Å². The molecule has 0 saturated heterocycles. The van der Waals surface area contributed by atoms with Crippen molar-refractivity contribution in [1.29, 1.82) is 0 Å². The van der Waals surface area contributed by atoms with Gasteiger partial charge in [-0.1, -0.05) is 6.07 Å². The minimum absolute atomic E-state index is 0.155. The highest BCUT2D eigenvalue weighted by Gasteiger charge is 2.19. The maximum absolute atomic E-state index is 12.1. The Labute approximate surface area is 178 Å². The summed E-state index contributed by atoms with van der Waals surface area (Å²) in [4.78, 5) is 29.9. The number of pyridine rings is 2. The van der Waals surface area contributed by atoms with Crippen molar-refractivity contribution in [2.24, 2.45) is 0 Å². The lowest BCUT2D eigenvalue weighted by Gasteiger charge is -2.09. The van der Waals surface area contributed by atoms with Gasteiger partial charge < -0.3 is 21.1 Å². The van der Waals surface area contributed by atoms with E-state index in [1.807, 2.05) is 35.6 Å². The van der Waals surface area contributed by atoms with Crippen LogP contribution < -0.4 is 16.4 Å². The lowest BCUT2D eigenvalue weighted by molar-refractivity contribution is 0.198. The van der Waals surface area contributed by atoms with Crippen LogP contribution >= 0.6 is 0 Å². The van der Waals surface area contributed by atoms with E-state index in [0.717, 1.165) is 5.69 Å². The molecule has 0 aliphatic heterocycles. The highest BCUT2D eigenvalue weighted by Crippen LogP contribution is 2.31. The molecule has 0 radical (unpaired) electrons. The number of urea groups is 1. The summed E-state index contributed by atoms with van der Waals surface area (Å²) in [5, 5.41) is 5.54. The molecule has 10 nitrogen and oxygen atoms in total. The van der Waals surface area contributed by atoms with Crippen molar-refractivity contribution >= 4 is 23.3 Å². The topological polar surface area (TPSA) is 132 Å². The van der Waals surface area contributed by atoms with Crippen LogP contribution in [-0.2, 0) is 4.74 Å². The number of imidazole rings is 1.